The molecule has 3 rings (SSSR count). The summed E-state index contributed by atoms with van der Waals surface area (Å²) in [4.78, 5) is 12.7. The highest BCUT2D eigenvalue weighted by molar-refractivity contribution is 6.31. The topological polar surface area (TPSA) is 46.9 Å². The van der Waals surface area contributed by atoms with Gasteiger partial charge in [0.25, 0.3) is 5.91 Å². The number of benzene rings is 2. The van der Waals surface area contributed by atoms with E-state index < -0.39 is 0 Å². The van der Waals surface area contributed by atoms with E-state index in [1.54, 1.807) is 0 Å². The van der Waals surface area contributed by atoms with Crippen molar-refractivity contribution in [2.24, 2.45) is 0 Å². The minimum absolute atomic E-state index is 0.119. The first-order valence-electron chi connectivity index (χ1n) is 8.53. The first-order chi connectivity index (χ1) is 12.4. The Morgan fingerprint density at radius 2 is 1.85 bits per heavy atom. The second-order valence-corrected chi connectivity index (χ2v) is 6.97. The lowest BCUT2D eigenvalue weighted by Gasteiger charge is -2.10. The summed E-state index contributed by atoms with van der Waals surface area (Å²) in [6.07, 6.45) is 0. The van der Waals surface area contributed by atoms with Crippen LogP contribution in [-0.4, -0.2) is 15.7 Å². The summed E-state index contributed by atoms with van der Waals surface area (Å²) in [5, 5.41) is 8.30. The van der Waals surface area contributed by atoms with Crippen LogP contribution >= 0.6 is 11.6 Å². The highest BCUT2D eigenvalue weighted by Gasteiger charge is 2.17. The van der Waals surface area contributed by atoms with E-state index in [9.17, 15) is 4.79 Å². The van der Waals surface area contributed by atoms with Gasteiger partial charge in [0.15, 0.2) is 0 Å². The van der Waals surface area contributed by atoms with Crippen LogP contribution in [0.3, 0.4) is 0 Å². The molecule has 1 amide bonds. The van der Waals surface area contributed by atoms with E-state index in [1.165, 1.54) is 0 Å². The molecule has 0 radical (unpaired) electrons. The van der Waals surface area contributed by atoms with Crippen molar-refractivity contribution in [1.29, 1.82) is 0 Å². The number of hydrogen-bond donors (Lipinski definition) is 1. The number of carbonyl (C=O) groups excluding carboxylic acids is 1. The van der Waals surface area contributed by atoms with Gasteiger partial charge in [-0.15, -0.1) is 0 Å². The van der Waals surface area contributed by atoms with Crippen molar-refractivity contribution in [2.75, 3.05) is 5.32 Å². The van der Waals surface area contributed by atoms with E-state index >= 15 is 0 Å². The number of nitrogens with zero attached hydrogens (tertiary/aromatic N) is 2. The molecule has 0 spiro atoms. The second-order valence-electron chi connectivity index (χ2n) is 6.57. The fourth-order valence-corrected chi connectivity index (χ4v) is 3.26. The van der Waals surface area contributed by atoms with Gasteiger partial charge in [0.1, 0.15) is 0 Å². The Hall–Kier alpha value is -2.59. The van der Waals surface area contributed by atoms with Gasteiger partial charge >= 0.3 is 0 Å². The average Bonchev–Trinajstić information content (AvgIpc) is 2.84. The van der Waals surface area contributed by atoms with Gasteiger partial charge in [-0.25, -0.2) is 0 Å². The smallest absolute Gasteiger partial charge is 0.256 e. The number of aromatic nitrogens is 2. The number of carbonyl (C=O) groups is 1. The van der Waals surface area contributed by atoms with Crippen molar-refractivity contribution in [3.05, 3.63) is 81.1 Å². The summed E-state index contributed by atoms with van der Waals surface area (Å²) < 4.78 is 1.87. The van der Waals surface area contributed by atoms with Gasteiger partial charge in [0, 0.05) is 10.6 Å². The third-order valence-corrected chi connectivity index (χ3v) is 4.89. The van der Waals surface area contributed by atoms with Gasteiger partial charge in [-0.1, -0.05) is 47.5 Å². The summed E-state index contributed by atoms with van der Waals surface area (Å²) >= 11 is 6.26. The van der Waals surface area contributed by atoms with Gasteiger partial charge in [-0.2, -0.15) is 5.10 Å². The lowest BCUT2D eigenvalue weighted by atomic mass is 10.1. The molecule has 134 valence electrons. The number of aryl methyl sites for hydroxylation is 3. The predicted molar refractivity (Wildman–Crippen MR) is 106 cm³/mol. The minimum Gasteiger partial charge on any atom is -0.319 e. The maximum Gasteiger partial charge on any atom is 0.256 e. The van der Waals surface area contributed by atoms with Crippen LogP contribution in [0.2, 0.25) is 5.02 Å². The van der Waals surface area contributed by atoms with E-state index in [0.29, 0.717) is 17.1 Å². The SMILES string of the molecule is Cc1ccc(C(=O)Nc2c(C)nn(Cc3ccccc3Cl)c2C)c(C)c1. The van der Waals surface area contributed by atoms with Crippen LogP contribution in [0.1, 0.15) is 38.4 Å². The molecular formula is C21H22ClN3O. The Morgan fingerprint density at radius 1 is 1.12 bits per heavy atom. The van der Waals surface area contributed by atoms with Crippen LogP contribution in [0.4, 0.5) is 5.69 Å². The summed E-state index contributed by atoms with van der Waals surface area (Å²) in [5.41, 5.74) is 6.20. The fraction of sp³-hybridized carbons (Fsp3) is 0.238. The molecule has 0 aliphatic carbocycles. The lowest BCUT2D eigenvalue weighted by molar-refractivity contribution is 0.102. The van der Waals surface area contributed by atoms with E-state index in [1.807, 2.05) is 74.8 Å². The van der Waals surface area contributed by atoms with E-state index in [4.69, 9.17) is 11.6 Å². The van der Waals surface area contributed by atoms with Crippen molar-refractivity contribution in [3.8, 4) is 0 Å². The third kappa shape index (κ3) is 3.65. The Balaban J connectivity index is 1.86. The average molecular weight is 368 g/mol. The molecule has 26 heavy (non-hydrogen) atoms. The summed E-state index contributed by atoms with van der Waals surface area (Å²) in [7, 11) is 0. The summed E-state index contributed by atoms with van der Waals surface area (Å²) in [5.74, 6) is -0.119. The van der Waals surface area contributed by atoms with E-state index in [2.05, 4.69) is 10.4 Å². The molecule has 0 atom stereocenters. The Labute approximate surface area is 158 Å². The fourth-order valence-electron chi connectivity index (χ4n) is 3.07. The van der Waals surface area contributed by atoms with Crippen molar-refractivity contribution >= 4 is 23.2 Å². The molecule has 0 fully saturated rings. The molecule has 0 saturated carbocycles. The standard InChI is InChI=1S/C21H22ClN3O/c1-13-9-10-18(14(2)11-13)21(26)23-20-15(3)24-25(16(20)4)12-17-7-5-6-8-19(17)22/h5-11H,12H2,1-4H3,(H,23,26). The van der Waals surface area contributed by atoms with Gasteiger partial charge in [0.05, 0.1) is 23.6 Å². The van der Waals surface area contributed by atoms with Crippen LogP contribution < -0.4 is 5.32 Å². The number of rotatable bonds is 4. The zero-order chi connectivity index (χ0) is 18.8. The number of anilines is 1. The predicted octanol–water partition coefficient (Wildman–Crippen LogP) is 5.07. The monoisotopic (exact) mass is 367 g/mol. The Kier molecular flexibility index (Phi) is 5.14. The van der Waals surface area contributed by atoms with Gasteiger partial charge in [-0.05, 0) is 51.0 Å². The zero-order valence-electron chi connectivity index (χ0n) is 15.4. The van der Waals surface area contributed by atoms with Crippen LogP contribution in [0.5, 0.6) is 0 Å². The third-order valence-electron chi connectivity index (χ3n) is 4.52. The van der Waals surface area contributed by atoms with E-state index in [0.717, 1.165) is 33.8 Å². The van der Waals surface area contributed by atoms with E-state index in [-0.39, 0.29) is 5.91 Å². The Morgan fingerprint density at radius 3 is 2.54 bits per heavy atom. The van der Waals surface area contributed by atoms with Gasteiger partial charge in [-0.3, -0.25) is 9.48 Å². The largest absolute Gasteiger partial charge is 0.319 e. The first-order valence-corrected chi connectivity index (χ1v) is 8.90. The van der Waals surface area contributed by atoms with Crippen LogP contribution in [-0.2, 0) is 6.54 Å². The van der Waals surface area contributed by atoms with Crippen molar-refractivity contribution < 1.29 is 4.79 Å². The molecule has 0 aliphatic heterocycles. The van der Waals surface area contributed by atoms with Crippen molar-refractivity contribution in [2.45, 2.75) is 34.2 Å². The molecule has 2 aromatic carbocycles. The van der Waals surface area contributed by atoms with Crippen LogP contribution in [0.15, 0.2) is 42.5 Å². The molecule has 0 saturated heterocycles. The Bertz CT molecular complexity index is 975. The molecule has 1 N–H and O–H groups in total. The molecule has 0 unspecified atom stereocenters. The highest BCUT2D eigenvalue weighted by Crippen LogP contribution is 2.24. The number of halogens is 1. The molecule has 3 aromatic rings. The van der Waals surface area contributed by atoms with Gasteiger partial charge < -0.3 is 5.32 Å². The molecular weight excluding hydrogens is 346 g/mol. The maximum absolute atomic E-state index is 12.7. The first kappa shape index (κ1) is 18.2. The summed E-state index contributed by atoms with van der Waals surface area (Å²) in [6.45, 7) is 8.37. The molecule has 1 aromatic heterocycles. The normalized spacial score (nSPS) is 10.8. The number of amides is 1. The maximum atomic E-state index is 12.7. The lowest BCUT2D eigenvalue weighted by Crippen LogP contribution is -2.14. The van der Waals surface area contributed by atoms with Gasteiger partial charge in [0.2, 0.25) is 0 Å². The quantitative estimate of drug-likeness (QED) is 0.699. The molecule has 5 heteroatoms. The molecule has 4 nitrogen and oxygen atoms in total. The summed E-state index contributed by atoms with van der Waals surface area (Å²) in [6, 6.07) is 13.5. The minimum atomic E-state index is -0.119. The highest BCUT2D eigenvalue weighted by atomic mass is 35.5. The van der Waals surface area contributed by atoms with Crippen molar-refractivity contribution in [1.82, 2.24) is 9.78 Å². The molecule has 0 bridgehead atoms. The molecule has 0 aliphatic rings. The number of hydrogen-bond acceptors (Lipinski definition) is 2. The number of nitrogens with one attached hydrogen (secondary N) is 1. The second kappa shape index (κ2) is 7.34. The van der Waals surface area contributed by atoms with Crippen LogP contribution in [0.25, 0.3) is 0 Å². The zero-order valence-corrected chi connectivity index (χ0v) is 16.2. The van der Waals surface area contributed by atoms with Crippen LogP contribution in [0, 0.1) is 27.7 Å². The molecule has 1 heterocycles. The van der Waals surface area contributed by atoms with Crippen molar-refractivity contribution in [3.63, 3.8) is 0 Å².